The minimum absolute atomic E-state index is 0.108. The zero-order valence-electron chi connectivity index (χ0n) is 5.96. The number of carbonyl (C=O) groups excluding carboxylic acids is 1. The topological polar surface area (TPSA) is 68.8 Å². The third-order valence-corrected chi connectivity index (χ3v) is 1.50. The fraction of sp³-hybridized carbons (Fsp3) is 0.500. The van der Waals surface area contributed by atoms with Gasteiger partial charge < -0.3 is 5.32 Å². The normalized spacial score (nSPS) is 15.8. The molecule has 1 aliphatic heterocycles. The third-order valence-electron chi connectivity index (χ3n) is 1.16. The van der Waals surface area contributed by atoms with Crippen LogP contribution in [0.3, 0.4) is 0 Å². The van der Waals surface area contributed by atoms with E-state index in [1.54, 1.807) is 7.05 Å². The molecule has 0 saturated carbocycles. The average Bonchev–Trinajstić information content (AvgIpc) is 2.37. The molecule has 0 fully saturated rings. The van der Waals surface area contributed by atoms with Crippen LogP contribution in [0, 0.1) is 0 Å². The van der Waals surface area contributed by atoms with Gasteiger partial charge in [-0.2, -0.15) is 0 Å². The first-order valence-electron chi connectivity index (χ1n) is 2.99. The van der Waals surface area contributed by atoms with Gasteiger partial charge in [-0.25, -0.2) is 5.53 Å². The SMILES string of the molecule is CNC(=O)CN1NNN=C1S. The maximum Gasteiger partial charge on any atom is 0.241 e. The lowest BCUT2D eigenvalue weighted by Gasteiger charge is -2.14. The molecule has 1 amide bonds. The van der Waals surface area contributed by atoms with Crippen LogP contribution < -0.4 is 16.4 Å². The number of amides is 1. The minimum atomic E-state index is -0.108. The highest BCUT2D eigenvalue weighted by Crippen LogP contribution is 1.94. The summed E-state index contributed by atoms with van der Waals surface area (Å²) < 4.78 is 0. The first kappa shape index (κ1) is 8.15. The number of hydrogen-bond acceptors (Lipinski definition) is 5. The Bertz CT molecular complexity index is 193. The van der Waals surface area contributed by atoms with Crippen LogP contribution >= 0.6 is 12.6 Å². The van der Waals surface area contributed by atoms with Crippen LogP contribution in [-0.2, 0) is 4.79 Å². The lowest BCUT2D eigenvalue weighted by atomic mass is 10.6. The van der Waals surface area contributed by atoms with Crippen LogP contribution in [0.15, 0.2) is 5.10 Å². The van der Waals surface area contributed by atoms with E-state index in [0.29, 0.717) is 5.17 Å². The van der Waals surface area contributed by atoms with E-state index in [1.807, 2.05) is 0 Å². The van der Waals surface area contributed by atoms with Gasteiger partial charge in [-0.3, -0.25) is 9.80 Å². The number of carbonyl (C=O) groups is 1. The number of rotatable bonds is 2. The molecule has 0 aromatic heterocycles. The molecule has 0 spiro atoms. The molecule has 3 N–H and O–H groups in total. The van der Waals surface area contributed by atoms with Crippen LogP contribution in [0.25, 0.3) is 0 Å². The highest BCUT2D eigenvalue weighted by Gasteiger charge is 2.15. The second-order valence-corrected chi connectivity index (χ2v) is 2.29. The largest absolute Gasteiger partial charge is 0.358 e. The molecular formula is C4H9N5OS. The first-order valence-corrected chi connectivity index (χ1v) is 3.44. The van der Waals surface area contributed by atoms with Crippen molar-refractivity contribution in [1.82, 2.24) is 21.4 Å². The molecule has 6 nitrogen and oxygen atoms in total. The van der Waals surface area contributed by atoms with E-state index in [9.17, 15) is 4.79 Å². The predicted octanol–water partition coefficient (Wildman–Crippen LogP) is -1.74. The number of nitrogens with zero attached hydrogens (tertiary/aromatic N) is 2. The Morgan fingerprint density at radius 2 is 2.64 bits per heavy atom. The summed E-state index contributed by atoms with van der Waals surface area (Å²) in [6.07, 6.45) is 0. The van der Waals surface area contributed by atoms with E-state index in [4.69, 9.17) is 0 Å². The van der Waals surface area contributed by atoms with E-state index < -0.39 is 0 Å². The molecule has 11 heavy (non-hydrogen) atoms. The quantitative estimate of drug-likeness (QED) is 0.376. The molecule has 0 aliphatic carbocycles. The lowest BCUT2D eigenvalue weighted by Crippen LogP contribution is -2.45. The molecule has 1 rings (SSSR count). The van der Waals surface area contributed by atoms with Crippen molar-refractivity contribution in [2.45, 2.75) is 0 Å². The van der Waals surface area contributed by atoms with Gasteiger partial charge in [-0.15, -0.1) is 23.3 Å². The summed E-state index contributed by atoms with van der Waals surface area (Å²) >= 11 is 3.97. The summed E-state index contributed by atoms with van der Waals surface area (Å²) in [6.45, 7) is 0.186. The Kier molecular flexibility index (Phi) is 2.55. The molecule has 0 radical (unpaired) electrons. The minimum Gasteiger partial charge on any atom is -0.358 e. The van der Waals surface area contributed by atoms with Gasteiger partial charge in [0.25, 0.3) is 0 Å². The van der Waals surface area contributed by atoms with E-state index in [0.717, 1.165) is 0 Å². The molecule has 0 saturated heterocycles. The standard InChI is InChI=1S/C4H9N5OS/c1-5-3(10)2-9-4(11)6-7-8-9/h7-8H,2H2,1H3,(H,5,10)(H,6,11). The third kappa shape index (κ3) is 1.99. The lowest BCUT2D eigenvalue weighted by molar-refractivity contribution is -0.121. The number of nitrogens with one attached hydrogen (secondary N) is 3. The van der Waals surface area contributed by atoms with Gasteiger partial charge >= 0.3 is 0 Å². The van der Waals surface area contributed by atoms with Crippen molar-refractivity contribution in [3.8, 4) is 0 Å². The van der Waals surface area contributed by atoms with Crippen LogP contribution in [0.1, 0.15) is 0 Å². The first-order chi connectivity index (χ1) is 5.24. The number of likely N-dealkylation sites (N-methyl/N-ethyl adjacent to an activating group) is 1. The molecule has 7 heteroatoms. The van der Waals surface area contributed by atoms with Crippen molar-refractivity contribution >= 4 is 23.7 Å². The highest BCUT2D eigenvalue weighted by atomic mass is 32.1. The number of hydrogen-bond donors (Lipinski definition) is 4. The number of hydrazine groups is 2. The van der Waals surface area contributed by atoms with Crippen LogP contribution in [0.4, 0.5) is 0 Å². The van der Waals surface area contributed by atoms with Crippen molar-refractivity contribution in [3.63, 3.8) is 0 Å². The van der Waals surface area contributed by atoms with Crippen molar-refractivity contribution < 1.29 is 4.79 Å². The van der Waals surface area contributed by atoms with E-state index in [-0.39, 0.29) is 12.5 Å². The molecular weight excluding hydrogens is 166 g/mol. The average molecular weight is 175 g/mol. The van der Waals surface area contributed by atoms with Crippen molar-refractivity contribution in [2.75, 3.05) is 13.6 Å². The molecule has 62 valence electrons. The molecule has 0 atom stereocenters. The van der Waals surface area contributed by atoms with Crippen molar-refractivity contribution in [2.24, 2.45) is 5.10 Å². The van der Waals surface area contributed by atoms with Gasteiger partial charge in [0.2, 0.25) is 5.91 Å². The monoisotopic (exact) mass is 175 g/mol. The number of thiol groups is 1. The van der Waals surface area contributed by atoms with E-state index in [2.05, 4.69) is 34.1 Å². The molecule has 0 aromatic carbocycles. The summed E-state index contributed by atoms with van der Waals surface area (Å²) in [7, 11) is 1.57. The van der Waals surface area contributed by atoms with Gasteiger partial charge in [0.05, 0.1) is 0 Å². The van der Waals surface area contributed by atoms with Gasteiger partial charge in [-0.1, -0.05) is 0 Å². The van der Waals surface area contributed by atoms with Gasteiger partial charge in [0.15, 0.2) is 5.17 Å². The van der Waals surface area contributed by atoms with E-state index >= 15 is 0 Å². The molecule has 0 bridgehead atoms. The van der Waals surface area contributed by atoms with Crippen LogP contribution in [-0.4, -0.2) is 29.7 Å². The molecule has 1 heterocycles. The Balaban J connectivity index is 2.38. The van der Waals surface area contributed by atoms with Gasteiger partial charge in [0, 0.05) is 7.05 Å². The zero-order valence-corrected chi connectivity index (χ0v) is 6.85. The Hall–Kier alpha value is -0.950. The van der Waals surface area contributed by atoms with Crippen LogP contribution in [0.2, 0.25) is 0 Å². The zero-order chi connectivity index (χ0) is 8.27. The predicted molar refractivity (Wildman–Crippen MR) is 43.5 cm³/mol. The Labute approximate surface area is 69.4 Å². The smallest absolute Gasteiger partial charge is 0.241 e. The van der Waals surface area contributed by atoms with Gasteiger partial charge in [-0.05, 0) is 0 Å². The Morgan fingerprint density at radius 3 is 3.09 bits per heavy atom. The number of hydrazone groups is 1. The highest BCUT2D eigenvalue weighted by molar-refractivity contribution is 7.96. The summed E-state index contributed by atoms with van der Waals surface area (Å²) in [5.74, 6) is -0.108. The molecule has 1 aliphatic rings. The fourth-order valence-corrected chi connectivity index (χ4v) is 0.749. The summed E-state index contributed by atoms with van der Waals surface area (Å²) in [5.41, 5.74) is 5.07. The van der Waals surface area contributed by atoms with Crippen LogP contribution in [0.5, 0.6) is 0 Å². The van der Waals surface area contributed by atoms with Crippen molar-refractivity contribution in [1.29, 1.82) is 0 Å². The number of amidine groups is 1. The van der Waals surface area contributed by atoms with Crippen molar-refractivity contribution in [3.05, 3.63) is 0 Å². The summed E-state index contributed by atoms with van der Waals surface area (Å²) in [4.78, 5) is 10.8. The Morgan fingerprint density at radius 1 is 1.91 bits per heavy atom. The fourth-order valence-electron chi connectivity index (χ4n) is 0.579. The molecule has 0 unspecified atom stereocenters. The maximum atomic E-state index is 10.8. The molecule has 0 aromatic rings. The maximum absolute atomic E-state index is 10.8. The second kappa shape index (κ2) is 3.44. The van der Waals surface area contributed by atoms with E-state index in [1.165, 1.54) is 5.01 Å². The van der Waals surface area contributed by atoms with Gasteiger partial charge in [0.1, 0.15) is 6.54 Å². The summed E-state index contributed by atoms with van der Waals surface area (Å²) in [6, 6.07) is 0. The summed E-state index contributed by atoms with van der Waals surface area (Å²) in [5, 5.41) is 8.06. The second-order valence-electron chi connectivity index (χ2n) is 1.89.